The Bertz CT molecular complexity index is 988. The number of unbranched alkanes of at least 4 members (excludes halogenated alkanes) is 2. The molecule has 3 rings (SSSR count). The molecule has 0 aliphatic carbocycles. The highest BCUT2D eigenvalue weighted by molar-refractivity contribution is 6.13. The first-order valence-corrected chi connectivity index (χ1v) is 12.3. The molecule has 0 aliphatic rings. The van der Waals surface area contributed by atoms with Crippen LogP contribution in [0.2, 0.25) is 0 Å². The van der Waals surface area contributed by atoms with Gasteiger partial charge in [0.15, 0.2) is 0 Å². The van der Waals surface area contributed by atoms with Gasteiger partial charge in [-0.25, -0.2) is 0 Å². The van der Waals surface area contributed by atoms with Crippen molar-refractivity contribution in [3.05, 3.63) is 71.8 Å². The molecule has 0 spiro atoms. The number of hydrogen-bond donors (Lipinski definition) is 0. The number of allylic oxidation sites excluding steroid dienone is 2. The Hall–Kier alpha value is -2.74. The van der Waals surface area contributed by atoms with E-state index in [-0.39, 0.29) is 0 Å². The summed E-state index contributed by atoms with van der Waals surface area (Å²) in [7, 11) is 0. The van der Waals surface area contributed by atoms with Crippen LogP contribution in [0.5, 0.6) is 11.5 Å². The van der Waals surface area contributed by atoms with E-state index >= 15 is 0 Å². The van der Waals surface area contributed by atoms with Crippen molar-refractivity contribution in [3.8, 4) is 11.5 Å². The van der Waals surface area contributed by atoms with E-state index in [4.69, 9.17) is 9.47 Å². The fourth-order valence-corrected chi connectivity index (χ4v) is 4.24. The summed E-state index contributed by atoms with van der Waals surface area (Å²) < 4.78 is 13.0. The lowest BCUT2D eigenvalue weighted by Crippen LogP contribution is -2.02. The van der Waals surface area contributed by atoms with Crippen LogP contribution in [0.4, 0.5) is 0 Å². The predicted octanol–water partition coefficient (Wildman–Crippen LogP) is 8.59. The van der Waals surface area contributed by atoms with E-state index in [1.165, 1.54) is 21.9 Å². The van der Waals surface area contributed by atoms with Crippen molar-refractivity contribution < 1.29 is 9.47 Å². The molecule has 2 heteroatoms. The molecule has 0 aliphatic heterocycles. The van der Waals surface area contributed by atoms with Crippen molar-refractivity contribution >= 4 is 21.5 Å². The molecule has 0 radical (unpaired) electrons. The summed E-state index contributed by atoms with van der Waals surface area (Å²) in [5.41, 5.74) is 2.59. The molecular formula is C30H38O2. The molecule has 0 unspecified atom stereocenters. The molecule has 0 heterocycles. The van der Waals surface area contributed by atoms with Gasteiger partial charge in [-0.2, -0.15) is 0 Å². The zero-order valence-corrected chi connectivity index (χ0v) is 20.2. The van der Waals surface area contributed by atoms with Crippen LogP contribution in [0.15, 0.2) is 60.7 Å². The van der Waals surface area contributed by atoms with Gasteiger partial charge in [-0.05, 0) is 36.8 Å². The molecule has 3 aromatic carbocycles. The summed E-state index contributed by atoms with van der Waals surface area (Å²) >= 11 is 0. The van der Waals surface area contributed by atoms with Crippen LogP contribution in [-0.2, 0) is 12.8 Å². The largest absolute Gasteiger partial charge is 0.488 e. The van der Waals surface area contributed by atoms with E-state index in [1.807, 2.05) is 0 Å². The standard InChI is InChI=1S/C30H38O2/c1-5-9-11-13-21-31-29-25-19-15-18-24(8-4)28(25)30(32-22-14-12-10-6-2)26-20-16-17-23(7-3)27(26)29/h11-20H,5-10,21-22H2,1-4H3/b13-11+,14-12+. The number of aryl methyl sites for hydroxylation is 2. The molecule has 0 amide bonds. The average molecular weight is 431 g/mol. The van der Waals surface area contributed by atoms with E-state index in [0.717, 1.165) is 60.8 Å². The highest BCUT2D eigenvalue weighted by Gasteiger charge is 2.19. The Morgan fingerprint density at radius 3 is 1.41 bits per heavy atom. The third kappa shape index (κ3) is 5.35. The fourth-order valence-electron chi connectivity index (χ4n) is 4.24. The second-order valence-corrected chi connectivity index (χ2v) is 8.19. The van der Waals surface area contributed by atoms with Crippen LogP contribution in [0.25, 0.3) is 21.5 Å². The minimum Gasteiger partial charge on any atom is -0.488 e. The molecule has 0 fully saturated rings. The van der Waals surface area contributed by atoms with Gasteiger partial charge in [-0.15, -0.1) is 0 Å². The van der Waals surface area contributed by atoms with E-state index in [9.17, 15) is 0 Å². The summed E-state index contributed by atoms with van der Waals surface area (Å²) in [6.07, 6.45) is 15.1. The second kappa shape index (κ2) is 12.3. The first kappa shape index (κ1) is 23.9. The zero-order chi connectivity index (χ0) is 22.8. The average Bonchev–Trinajstić information content (AvgIpc) is 2.83. The lowest BCUT2D eigenvalue weighted by Gasteiger charge is -2.20. The molecule has 170 valence electrons. The number of fused-ring (bicyclic) bond motifs is 2. The molecule has 0 bridgehead atoms. The SMILES string of the molecule is CCC/C=C/COc1c2cccc(CC)c2c(OC/C=C/CCC)c2cccc(CC)c12. The van der Waals surface area contributed by atoms with Gasteiger partial charge in [0.25, 0.3) is 0 Å². The van der Waals surface area contributed by atoms with Crippen molar-refractivity contribution in [1.82, 2.24) is 0 Å². The normalized spacial score (nSPS) is 11.9. The van der Waals surface area contributed by atoms with Gasteiger partial charge in [-0.1, -0.05) is 101 Å². The summed E-state index contributed by atoms with van der Waals surface area (Å²) in [6, 6.07) is 13.1. The number of ether oxygens (including phenoxy) is 2. The maximum Gasteiger partial charge on any atom is 0.135 e. The van der Waals surface area contributed by atoms with Gasteiger partial charge < -0.3 is 9.47 Å². The van der Waals surface area contributed by atoms with Gasteiger partial charge in [0.05, 0.1) is 0 Å². The van der Waals surface area contributed by atoms with Crippen LogP contribution >= 0.6 is 0 Å². The third-order valence-corrected chi connectivity index (χ3v) is 5.90. The lowest BCUT2D eigenvalue weighted by atomic mass is 9.93. The predicted molar refractivity (Wildman–Crippen MR) is 139 cm³/mol. The molecule has 0 aromatic heterocycles. The maximum absolute atomic E-state index is 6.48. The van der Waals surface area contributed by atoms with Crippen LogP contribution in [0.1, 0.15) is 64.5 Å². The summed E-state index contributed by atoms with van der Waals surface area (Å²) in [5, 5.41) is 4.67. The van der Waals surface area contributed by atoms with E-state index < -0.39 is 0 Å². The summed E-state index contributed by atoms with van der Waals surface area (Å²) in [5.74, 6) is 1.97. The first-order chi connectivity index (χ1) is 15.8. The smallest absolute Gasteiger partial charge is 0.135 e. The van der Waals surface area contributed by atoms with Crippen LogP contribution < -0.4 is 9.47 Å². The second-order valence-electron chi connectivity index (χ2n) is 8.19. The van der Waals surface area contributed by atoms with Gasteiger partial charge in [-0.3, -0.25) is 0 Å². The van der Waals surface area contributed by atoms with Crippen molar-refractivity contribution in [2.24, 2.45) is 0 Å². The van der Waals surface area contributed by atoms with Gasteiger partial charge in [0, 0.05) is 21.5 Å². The van der Waals surface area contributed by atoms with E-state index in [1.54, 1.807) is 0 Å². The van der Waals surface area contributed by atoms with Crippen molar-refractivity contribution in [3.63, 3.8) is 0 Å². The molecule has 32 heavy (non-hydrogen) atoms. The molecule has 0 atom stereocenters. The first-order valence-electron chi connectivity index (χ1n) is 12.3. The van der Waals surface area contributed by atoms with Crippen LogP contribution in [0, 0.1) is 0 Å². The third-order valence-electron chi connectivity index (χ3n) is 5.90. The number of hydrogen-bond acceptors (Lipinski definition) is 2. The van der Waals surface area contributed by atoms with Gasteiger partial charge >= 0.3 is 0 Å². The molecule has 0 N–H and O–H groups in total. The van der Waals surface area contributed by atoms with Gasteiger partial charge in [0.1, 0.15) is 24.7 Å². The Morgan fingerprint density at radius 2 is 1.03 bits per heavy atom. The quantitative estimate of drug-likeness (QED) is 0.211. The Kier molecular flexibility index (Phi) is 9.22. The molecule has 2 nitrogen and oxygen atoms in total. The van der Waals surface area contributed by atoms with Crippen LogP contribution in [-0.4, -0.2) is 13.2 Å². The minimum absolute atomic E-state index is 0.582. The van der Waals surface area contributed by atoms with Crippen molar-refractivity contribution in [2.75, 3.05) is 13.2 Å². The fraction of sp³-hybridized carbons (Fsp3) is 0.400. The number of rotatable bonds is 12. The minimum atomic E-state index is 0.582. The van der Waals surface area contributed by atoms with Crippen molar-refractivity contribution in [2.45, 2.75) is 66.2 Å². The topological polar surface area (TPSA) is 18.5 Å². The molecule has 3 aromatic rings. The van der Waals surface area contributed by atoms with E-state index in [2.05, 4.69) is 88.4 Å². The Morgan fingerprint density at radius 1 is 0.594 bits per heavy atom. The molecule has 0 saturated heterocycles. The molecule has 0 saturated carbocycles. The van der Waals surface area contributed by atoms with E-state index in [0.29, 0.717) is 13.2 Å². The zero-order valence-electron chi connectivity index (χ0n) is 20.2. The van der Waals surface area contributed by atoms with Crippen LogP contribution in [0.3, 0.4) is 0 Å². The summed E-state index contributed by atoms with van der Waals surface area (Å²) in [6.45, 7) is 9.97. The summed E-state index contributed by atoms with van der Waals surface area (Å²) in [4.78, 5) is 0. The maximum atomic E-state index is 6.48. The van der Waals surface area contributed by atoms with Gasteiger partial charge in [0.2, 0.25) is 0 Å². The highest BCUT2D eigenvalue weighted by Crippen LogP contribution is 2.45. The number of benzene rings is 3. The highest BCUT2D eigenvalue weighted by atomic mass is 16.5. The molecular weight excluding hydrogens is 392 g/mol. The monoisotopic (exact) mass is 430 g/mol. The Labute approximate surface area is 193 Å². The Balaban J connectivity index is 2.21. The lowest BCUT2D eigenvalue weighted by molar-refractivity contribution is 0.364. The van der Waals surface area contributed by atoms with Crippen molar-refractivity contribution in [1.29, 1.82) is 0 Å².